The Morgan fingerprint density at radius 2 is 2.12 bits per heavy atom. The van der Waals surface area contributed by atoms with E-state index in [9.17, 15) is 9.50 Å². The number of aliphatic hydroxyl groups is 1. The van der Waals surface area contributed by atoms with Gasteiger partial charge in [-0.25, -0.2) is 4.39 Å². The Kier molecular flexibility index (Phi) is 5.34. The third kappa shape index (κ3) is 3.15. The van der Waals surface area contributed by atoms with Crippen LogP contribution in [-0.2, 0) is 11.3 Å². The second-order valence-corrected chi connectivity index (χ2v) is 3.65. The van der Waals surface area contributed by atoms with E-state index >= 15 is 0 Å². The molecule has 0 saturated heterocycles. The molecule has 0 aliphatic heterocycles. The summed E-state index contributed by atoms with van der Waals surface area (Å²) in [6.07, 6.45) is -0.744. The molecule has 2 N–H and O–H groups in total. The van der Waals surface area contributed by atoms with Gasteiger partial charge >= 0.3 is 0 Å². The largest absolute Gasteiger partial charge is 0.496 e. The number of benzene rings is 1. The van der Waals surface area contributed by atoms with E-state index in [1.54, 1.807) is 7.05 Å². The zero-order valence-electron chi connectivity index (χ0n) is 10.3. The first kappa shape index (κ1) is 13.9. The van der Waals surface area contributed by atoms with E-state index < -0.39 is 11.9 Å². The number of methoxy groups -OCH3 is 2. The van der Waals surface area contributed by atoms with E-state index in [0.717, 1.165) is 0 Å². The molecule has 0 amide bonds. The van der Waals surface area contributed by atoms with E-state index in [1.165, 1.54) is 26.4 Å². The molecule has 0 spiro atoms. The lowest BCUT2D eigenvalue weighted by Crippen LogP contribution is -2.18. The summed E-state index contributed by atoms with van der Waals surface area (Å²) in [7, 11) is 4.66. The van der Waals surface area contributed by atoms with Crippen LogP contribution in [0, 0.1) is 5.82 Å². The summed E-state index contributed by atoms with van der Waals surface area (Å²) in [5.74, 6) is -0.0568. The molecule has 4 nitrogen and oxygen atoms in total. The lowest BCUT2D eigenvalue weighted by Gasteiger charge is -2.17. The minimum Gasteiger partial charge on any atom is -0.496 e. The molecule has 1 unspecified atom stereocenters. The lowest BCUT2D eigenvalue weighted by atomic mass is 10.0. The second-order valence-electron chi connectivity index (χ2n) is 3.65. The topological polar surface area (TPSA) is 50.7 Å². The molecule has 1 aromatic carbocycles. The maximum atomic E-state index is 13.6. The highest BCUT2D eigenvalue weighted by Crippen LogP contribution is 2.31. The van der Waals surface area contributed by atoms with Gasteiger partial charge in [-0.2, -0.15) is 0 Å². The van der Waals surface area contributed by atoms with Crippen LogP contribution in [0.25, 0.3) is 0 Å². The lowest BCUT2D eigenvalue weighted by molar-refractivity contribution is 0.165. The molecule has 0 heterocycles. The second kappa shape index (κ2) is 6.54. The first-order chi connectivity index (χ1) is 8.15. The van der Waals surface area contributed by atoms with Crippen LogP contribution in [0.2, 0.25) is 0 Å². The van der Waals surface area contributed by atoms with Gasteiger partial charge in [0.2, 0.25) is 0 Å². The summed E-state index contributed by atoms with van der Waals surface area (Å²) >= 11 is 0. The molecule has 1 atom stereocenters. The van der Waals surface area contributed by atoms with E-state index in [-0.39, 0.29) is 6.61 Å². The number of likely N-dealkylation sites (N-methyl/N-ethyl adjacent to an activating group) is 1. The van der Waals surface area contributed by atoms with Crippen LogP contribution in [0.5, 0.6) is 5.75 Å². The zero-order valence-corrected chi connectivity index (χ0v) is 10.3. The van der Waals surface area contributed by atoms with Gasteiger partial charge in [-0.05, 0) is 19.2 Å². The molecular weight excluding hydrogens is 225 g/mol. The molecule has 0 bridgehead atoms. The van der Waals surface area contributed by atoms with E-state index in [4.69, 9.17) is 9.47 Å². The number of hydrogen-bond acceptors (Lipinski definition) is 4. The molecule has 17 heavy (non-hydrogen) atoms. The summed E-state index contributed by atoms with van der Waals surface area (Å²) in [6, 6.07) is 2.83. The van der Waals surface area contributed by atoms with Gasteiger partial charge in [0, 0.05) is 19.2 Å². The van der Waals surface area contributed by atoms with E-state index in [2.05, 4.69) is 5.32 Å². The van der Waals surface area contributed by atoms with E-state index in [1.807, 2.05) is 0 Å². The predicted octanol–water partition coefficient (Wildman–Crippen LogP) is 1.23. The van der Waals surface area contributed by atoms with Gasteiger partial charge in [0.15, 0.2) is 0 Å². The molecule has 1 rings (SSSR count). The van der Waals surface area contributed by atoms with Crippen LogP contribution in [0.1, 0.15) is 17.2 Å². The molecule has 0 saturated carbocycles. The zero-order chi connectivity index (χ0) is 12.8. The summed E-state index contributed by atoms with van der Waals surface area (Å²) in [6.45, 7) is 0.476. The molecule has 0 aliphatic carbocycles. The highest BCUT2D eigenvalue weighted by molar-refractivity contribution is 5.43. The summed E-state index contributed by atoms with van der Waals surface area (Å²) in [5, 5.41) is 12.8. The first-order valence-corrected chi connectivity index (χ1v) is 5.32. The van der Waals surface area contributed by atoms with Crippen molar-refractivity contribution in [3.63, 3.8) is 0 Å². The number of aliphatic hydroxyl groups excluding tert-OH is 1. The van der Waals surface area contributed by atoms with Crippen molar-refractivity contribution in [2.75, 3.05) is 27.8 Å². The van der Waals surface area contributed by atoms with Crippen molar-refractivity contribution >= 4 is 0 Å². The monoisotopic (exact) mass is 243 g/mol. The van der Waals surface area contributed by atoms with Gasteiger partial charge in [0.1, 0.15) is 11.6 Å². The van der Waals surface area contributed by atoms with Gasteiger partial charge in [-0.3, -0.25) is 0 Å². The van der Waals surface area contributed by atoms with E-state index in [0.29, 0.717) is 23.4 Å². The Morgan fingerprint density at radius 3 is 2.65 bits per heavy atom. The van der Waals surface area contributed by atoms with Crippen molar-refractivity contribution in [2.24, 2.45) is 0 Å². The van der Waals surface area contributed by atoms with Gasteiger partial charge in [-0.15, -0.1) is 0 Å². The third-order valence-electron chi connectivity index (χ3n) is 2.48. The maximum Gasteiger partial charge on any atom is 0.133 e. The predicted molar refractivity (Wildman–Crippen MR) is 62.6 cm³/mol. The average Bonchev–Trinajstić information content (AvgIpc) is 2.32. The number of hydrogen-bond donors (Lipinski definition) is 2. The van der Waals surface area contributed by atoms with Crippen LogP contribution in [0.3, 0.4) is 0 Å². The Labute approximate surface area is 100 Å². The Bertz CT molecular complexity index is 371. The molecule has 96 valence electrons. The van der Waals surface area contributed by atoms with Crippen molar-refractivity contribution in [3.8, 4) is 5.75 Å². The molecule has 1 aromatic rings. The Balaban J connectivity index is 3.17. The fourth-order valence-electron chi connectivity index (χ4n) is 1.71. The highest BCUT2D eigenvalue weighted by Gasteiger charge is 2.19. The standard InChI is InChI=1S/C12H18FNO3/c1-14-6-11(15)8-4-5-10(13)9(7-16-2)12(8)17-3/h4-5,11,14-15H,6-7H2,1-3H3. The van der Waals surface area contributed by atoms with Crippen LogP contribution in [0.15, 0.2) is 12.1 Å². The Hall–Kier alpha value is -1.17. The number of halogens is 1. The van der Waals surface area contributed by atoms with Crippen molar-refractivity contribution in [3.05, 3.63) is 29.1 Å². The minimum absolute atomic E-state index is 0.106. The summed E-state index contributed by atoms with van der Waals surface area (Å²) in [5.41, 5.74) is 0.873. The number of ether oxygens (including phenoxy) is 2. The van der Waals surface area contributed by atoms with Crippen LogP contribution >= 0.6 is 0 Å². The number of nitrogens with one attached hydrogen (secondary N) is 1. The van der Waals surface area contributed by atoms with Crippen molar-refractivity contribution in [2.45, 2.75) is 12.7 Å². The van der Waals surface area contributed by atoms with Gasteiger partial charge in [0.25, 0.3) is 0 Å². The number of rotatable bonds is 6. The normalized spacial score (nSPS) is 12.5. The molecular formula is C12H18FNO3. The summed E-state index contributed by atoms with van der Waals surface area (Å²) in [4.78, 5) is 0. The van der Waals surface area contributed by atoms with Crippen molar-refractivity contribution in [1.82, 2.24) is 5.32 Å². The molecule has 0 aromatic heterocycles. The average molecular weight is 243 g/mol. The molecule has 0 aliphatic rings. The molecule has 0 radical (unpaired) electrons. The van der Waals surface area contributed by atoms with Gasteiger partial charge in [0.05, 0.1) is 25.4 Å². The first-order valence-electron chi connectivity index (χ1n) is 5.32. The quantitative estimate of drug-likeness (QED) is 0.789. The van der Waals surface area contributed by atoms with Crippen LogP contribution < -0.4 is 10.1 Å². The fraction of sp³-hybridized carbons (Fsp3) is 0.500. The van der Waals surface area contributed by atoms with Crippen LogP contribution in [-0.4, -0.2) is 32.9 Å². The highest BCUT2D eigenvalue weighted by atomic mass is 19.1. The maximum absolute atomic E-state index is 13.6. The van der Waals surface area contributed by atoms with Crippen molar-refractivity contribution < 1.29 is 19.0 Å². The molecule has 5 heteroatoms. The fourth-order valence-corrected chi connectivity index (χ4v) is 1.71. The summed E-state index contributed by atoms with van der Waals surface area (Å²) < 4.78 is 23.7. The SMILES string of the molecule is CNCC(O)c1ccc(F)c(COC)c1OC. The van der Waals surface area contributed by atoms with Gasteiger partial charge in [-0.1, -0.05) is 0 Å². The van der Waals surface area contributed by atoms with Crippen LogP contribution in [0.4, 0.5) is 4.39 Å². The smallest absolute Gasteiger partial charge is 0.133 e. The van der Waals surface area contributed by atoms with Crippen molar-refractivity contribution in [1.29, 1.82) is 0 Å². The molecule has 0 fully saturated rings. The Morgan fingerprint density at radius 1 is 1.41 bits per heavy atom. The third-order valence-corrected chi connectivity index (χ3v) is 2.48. The minimum atomic E-state index is -0.744. The van der Waals surface area contributed by atoms with Gasteiger partial charge < -0.3 is 19.9 Å².